The first-order valence-corrected chi connectivity index (χ1v) is 12.4. The van der Waals surface area contributed by atoms with Crippen LogP contribution in [0.15, 0.2) is 36.4 Å². The lowest BCUT2D eigenvalue weighted by atomic mass is 9.77. The van der Waals surface area contributed by atoms with Gasteiger partial charge in [0.1, 0.15) is 5.82 Å². The van der Waals surface area contributed by atoms with Crippen molar-refractivity contribution in [2.45, 2.75) is 76.7 Å². The number of hydrogen-bond acceptors (Lipinski definition) is 4. The molecule has 2 N–H and O–H groups in total. The highest BCUT2D eigenvalue weighted by Gasteiger charge is 2.28. The summed E-state index contributed by atoms with van der Waals surface area (Å²) in [6.45, 7) is 3.93. The van der Waals surface area contributed by atoms with Crippen LogP contribution in [0, 0.1) is 25.2 Å². The van der Waals surface area contributed by atoms with Gasteiger partial charge in [-0.05, 0) is 99.1 Å². The van der Waals surface area contributed by atoms with Crippen molar-refractivity contribution in [1.82, 2.24) is 20.5 Å². The van der Waals surface area contributed by atoms with Gasteiger partial charge in [0.25, 0.3) is 5.91 Å². The molecule has 0 bridgehead atoms. The Labute approximate surface area is 200 Å². The number of carbonyl (C=O) groups excluding carboxylic acids is 1. The molecule has 3 aromatic rings. The zero-order valence-electron chi connectivity index (χ0n) is 19.9. The van der Waals surface area contributed by atoms with E-state index < -0.39 is 0 Å². The van der Waals surface area contributed by atoms with Gasteiger partial charge in [-0.2, -0.15) is 5.26 Å². The topological polar surface area (TPSA) is 94.5 Å². The van der Waals surface area contributed by atoms with Gasteiger partial charge in [0.05, 0.1) is 11.6 Å². The molecule has 2 aromatic carbocycles. The largest absolute Gasteiger partial charge is 0.349 e. The molecule has 1 amide bonds. The third-order valence-electron chi connectivity index (χ3n) is 7.61. The third-order valence-corrected chi connectivity index (χ3v) is 7.61. The number of carbonyl (C=O) groups is 1. The van der Waals surface area contributed by atoms with Gasteiger partial charge in [-0.25, -0.2) is 0 Å². The number of aryl methyl sites for hydroxylation is 2. The molecule has 0 atom stereocenters. The summed E-state index contributed by atoms with van der Waals surface area (Å²) in [7, 11) is 0. The van der Waals surface area contributed by atoms with Crippen LogP contribution in [0.1, 0.15) is 95.2 Å². The lowest BCUT2D eigenvalue weighted by molar-refractivity contribution is 0.0925. The summed E-state index contributed by atoms with van der Waals surface area (Å²) in [6, 6.07) is 14.5. The maximum Gasteiger partial charge on any atom is 0.251 e. The number of nitrogens with one attached hydrogen (secondary N) is 2. The predicted octanol–water partition coefficient (Wildman–Crippen LogP) is 5.68. The maximum absolute atomic E-state index is 13.3. The van der Waals surface area contributed by atoms with Crippen molar-refractivity contribution < 1.29 is 4.79 Å². The number of nitrogens with zero attached hydrogens (tertiary/aromatic N) is 3. The van der Waals surface area contributed by atoms with Gasteiger partial charge >= 0.3 is 0 Å². The van der Waals surface area contributed by atoms with Crippen molar-refractivity contribution in [2.24, 2.45) is 0 Å². The summed E-state index contributed by atoms with van der Waals surface area (Å²) >= 11 is 0. The Bertz CT molecular complexity index is 1220. The molecule has 34 heavy (non-hydrogen) atoms. The van der Waals surface area contributed by atoms with E-state index in [4.69, 9.17) is 5.26 Å². The van der Waals surface area contributed by atoms with Crippen molar-refractivity contribution >= 4 is 5.91 Å². The normalized spacial score (nSPS) is 20.4. The monoisotopic (exact) mass is 453 g/mol. The van der Waals surface area contributed by atoms with Crippen LogP contribution in [0.4, 0.5) is 0 Å². The lowest BCUT2D eigenvalue weighted by Crippen LogP contribution is -2.37. The van der Waals surface area contributed by atoms with E-state index in [9.17, 15) is 4.79 Å². The van der Waals surface area contributed by atoms with E-state index in [0.717, 1.165) is 54.0 Å². The average molecular weight is 454 g/mol. The Balaban J connectivity index is 1.29. The molecule has 5 rings (SSSR count). The first-order chi connectivity index (χ1) is 16.5. The SMILES string of the molecule is Cc1nnc(-c2cc(C(=O)NC3CCC(c4ccc(C#N)cc4)CC3)c(C)cc2C2CCC2)[nH]1. The van der Waals surface area contributed by atoms with Gasteiger partial charge in [-0.1, -0.05) is 24.6 Å². The number of benzene rings is 2. The van der Waals surface area contributed by atoms with Crippen molar-refractivity contribution in [2.75, 3.05) is 0 Å². The fraction of sp³-hybridized carbons (Fsp3) is 0.429. The fourth-order valence-corrected chi connectivity index (χ4v) is 5.37. The second-order valence-corrected chi connectivity index (χ2v) is 9.90. The molecule has 2 saturated carbocycles. The van der Waals surface area contributed by atoms with Crippen molar-refractivity contribution in [1.29, 1.82) is 5.26 Å². The zero-order chi connectivity index (χ0) is 23.7. The van der Waals surface area contributed by atoms with Gasteiger partial charge in [-0.3, -0.25) is 4.79 Å². The standard InChI is InChI=1S/C28H31N5O/c1-17-14-25(22-4-3-5-22)26(27-30-18(2)32-33-27)15-24(17)28(34)31-23-12-10-21(11-13-23)20-8-6-19(16-29)7-9-20/h6-9,14-15,21-23H,3-5,10-13H2,1-2H3,(H,31,34)(H,30,32,33). The van der Waals surface area contributed by atoms with Crippen LogP contribution in [0.25, 0.3) is 11.4 Å². The van der Waals surface area contributed by atoms with Crippen LogP contribution in [-0.2, 0) is 0 Å². The molecule has 6 nitrogen and oxygen atoms in total. The minimum Gasteiger partial charge on any atom is -0.349 e. The quantitative estimate of drug-likeness (QED) is 0.519. The van der Waals surface area contributed by atoms with Crippen molar-refractivity contribution in [3.05, 3.63) is 70.0 Å². The summed E-state index contributed by atoms with van der Waals surface area (Å²) in [6.07, 6.45) is 7.64. The highest BCUT2D eigenvalue weighted by atomic mass is 16.1. The van der Waals surface area contributed by atoms with Crippen LogP contribution < -0.4 is 5.32 Å². The molecular weight excluding hydrogens is 422 g/mol. The van der Waals surface area contributed by atoms with E-state index in [2.05, 4.69) is 44.8 Å². The molecule has 0 aliphatic heterocycles. The number of nitriles is 1. The minimum atomic E-state index is -0.00281. The van der Waals surface area contributed by atoms with Crippen LogP contribution in [-0.4, -0.2) is 27.1 Å². The van der Waals surface area contributed by atoms with E-state index in [1.807, 2.05) is 32.0 Å². The highest BCUT2D eigenvalue weighted by molar-refractivity contribution is 5.97. The lowest BCUT2D eigenvalue weighted by Gasteiger charge is -2.30. The Morgan fingerprint density at radius 3 is 2.32 bits per heavy atom. The number of amides is 1. The Kier molecular flexibility index (Phi) is 6.19. The van der Waals surface area contributed by atoms with Crippen LogP contribution in [0.5, 0.6) is 0 Å². The second kappa shape index (κ2) is 9.42. The van der Waals surface area contributed by atoms with Gasteiger partial charge in [0.2, 0.25) is 0 Å². The molecule has 0 saturated heterocycles. The summed E-state index contributed by atoms with van der Waals surface area (Å²) < 4.78 is 0. The van der Waals surface area contributed by atoms with Crippen LogP contribution in [0.2, 0.25) is 0 Å². The molecule has 1 aromatic heterocycles. The molecular formula is C28H31N5O. The Morgan fingerprint density at radius 1 is 1.00 bits per heavy atom. The van der Waals surface area contributed by atoms with Gasteiger partial charge in [0.15, 0.2) is 5.82 Å². The fourth-order valence-electron chi connectivity index (χ4n) is 5.37. The molecule has 2 aliphatic carbocycles. The van der Waals surface area contributed by atoms with Gasteiger partial charge in [0, 0.05) is 17.2 Å². The van der Waals surface area contributed by atoms with Crippen LogP contribution in [0.3, 0.4) is 0 Å². The van der Waals surface area contributed by atoms with E-state index in [0.29, 0.717) is 17.4 Å². The molecule has 0 radical (unpaired) electrons. The highest BCUT2D eigenvalue weighted by Crippen LogP contribution is 2.41. The number of aromatic nitrogens is 3. The minimum absolute atomic E-state index is 0.00281. The Morgan fingerprint density at radius 2 is 1.74 bits per heavy atom. The number of rotatable bonds is 5. The van der Waals surface area contributed by atoms with Crippen LogP contribution >= 0.6 is 0 Å². The molecule has 1 heterocycles. The second-order valence-electron chi connectivity index (χ2n) is 9.90. The summed E-state index contributed by atoms with van der Waals surface area (Å²) in [5.74, 6) is 2.55. The first kappa shape index (κ1) is 22.3. The van der Waals surface area contributed by atoms with E-state index >= 15 is 0 Å². The van der Waals surface area contributed by atoms with Crippen molar-refractivity contribution in [3.63, 3.8) is 0 Å². The number of hydrogen-bond donors (Lipinski definition) is 2. The van der Waals surface area contributed by atoms with Gasteiger partial charge < -0.3 is 10.3 Å². The third kappa shape index (κ3) is 4.48. The smallest absolute Gasteiger partial charge is 0.251 e. The zero-order valence-corrected chi connectivity index (χ0v) is 19.9. The molecule has 2 fully saturated rings. The summed E-state index contributed by atoms with van der Waals surface area (Å²) in [5.41, 5.74) is 6.01. The molecule has 174 valence electrons. The Hall–Kier alpha value is -3.46. The van der Waals surface area contributed by atoms with E-state index in [1.54, 1.807) is 0 Å². The summed E-state index contributed by atoms with van der Waals surface area (Å²) in [4.78, 5) is 16.6. The van der Waals surface area contributed by atoms with E-state index in [-0.39, 0.29) is 11.9 Å². The maximum atomic E-state index is 13.3. The number of aromatic amines is 1. The van der Waals surface area contributed by atoms with Crippen molar-refractivity contribution in [3.8, 4) is 17.5 Å². The number of H-pyrrole nitrogens is 1. The van der Waals surface area contributed by atoms with Gasteiger partial charge in [-0.15, -0.1) is 10.2 Å². The molecule has 6 heteroatoms. The first-order valence-electron chi connectivity index (χ1n) is 12.4. The average Bonchev–Trinajstić information content (AvgIpc) is 3.24. The summed E-state index contributed by atoms with van der Waals surface area (Å²) in [5, 5.41) is 20.8. The molecule has 2 aliphatic rings. The predicted molar refractivity (Wildman–Crippen MR) is 132 cm³/mol. The van der Waals surface area contributed by atoms with E-state index in [1.165, 1.54) is 30.4 Å². The molecule has 0 spiro atoms. The molecule has 0 unspecified atom stereocenters.